The summed E-state index contributed by atoms with van der Waals surface area (Å²) in [5.74, 6) is -2.25. The predicted octanol–water partition coefficient (Wildman–Crippen LogP) is 5.98. The molecule has 0 bridgehead atoms. The predicted molar refractivity (Wildman–Crippen MR) is 114 cm³/mol. The summed E-state index contributed by atoms with van der Waals surface area (Å²) >= 11 is 0. The van der Waals surface area contributed by atoms with Crippen LogP contribution in [0.1, 0.15) is 33.5 Å². The van der Waals surface area contributed by atoms with E-state index in [-0.39, 0.29) is 17.7 Å². The Balaban J connectivity index is 1.74. The number of carbonyl (C=O) groups excluding carboxylic acids is 2. The summed E-state index contributed by atoms with van der Waals surface area (Å²) in [7, 11) is 0. The van der Waals surface area contributed by atoms with Gasteiger partial charge in [0.25, 0.3) is 5.91 Å². The largest absolute Gasteiger partial charge is 0.418 e. The minimum absolute atomic E-state index is 0.00647. The van der Waals surface area contributed by atoms with Gasteiger partial charge in [-0.3, -0.25) is 9.59 Å². The molecule has 3 aromatic rings. The second kappa shape index (κ2) is 9.64. The first-order valence-corrected chi connectivity index (χ1v) is 9.76. The molecule has 0 saturated carbocycles. The van der Waals surface area contributed by atoms with E-state index in [0.717, 1.165) is 23.3 Å². The van der Waals surface area contributed by atoms with Crippen LogP contribution in [0.4, 0.5) is 28.9 Å². The summed E-state index contributed by atoms with van der Waals surface area (Å²) in [5, 5.41) is 4.54. The molecule has 166 valence electrons. The minimum atomic E-state index is -4.78. The fourth-order valence-electron chi connectivity index (χ4n) is 3.15. The monoisotopic (exact) mass is 444 g/mol. The van der Waals surface area contributed by atoms with Gasteiger partial charge in [0.15, 0.2) is 0 Å². The van der Waals surface area contributed by atoms with Crippen LogP contribution in [0, 0.1) is 12.7 Å². The fraction of sp³-hybridized carbons (Fsp3) is 0.167. The van der Waals surface area contributed by atoms with E-state index >= 15 is 0 Å². The van der Waals surface area contributed by atoms with E-state index in [9.17, 15) is 27.2 Å². The van der Waals surface area contributed by atoms with Crippen molar-refractivity contribution in [3.8, 4) is 0 Å². The first-order chi connectivity index (χ1) is 15.1. The van der Waals surface area contributed by atoms with Crippen molar-refractivity contribution in [3.63, 3.8) is 0 Å². The summed E-state index contributed by atoms with van der Waals surface area (Å²) in [5.41, 5.74) is -0.0843. The lowest BCUT2D eigenvalue weighted by atomic mass is 10.1. The average Bonchev–Trinajstić information content (AvgIpc) is 2.73. The highest BCUT2D eigenvalue weighted by atomic mass is 19.4. The van der Waals surface area contributed by atoms with Crippen LogP contribution in [0.15, 0.2) is 66.7 Å². The van der Waals surface area contributed by atoms with Gasteiger partial charge in [0.05, 0.1) is 16.8 Å². The Morgan fingerprint density at radius 3 is 2.34 bits per heavy atom. The van der Waals surface area contributed by atoms with Crippen LogP contribution in [0.2, 0.25) is 0 Å². The Kier molecular flexibility index (Phi) is 6.92. The Morgan fingerprint density at radius 1 is 0.906 bits per heavy atom. The van der Waals surface area contributed by atoms with Gasteiger partial charge in [0.1, 0.15) is 5.82 Å². The lowest BCUT2D eigenvalue weighted by Crippen LogP contribution is -2.18. The molecule has 0 saturated heterocycles. The number of nitrogens with one attached hydrogen (secondary N) is 2. The van der Waals surface area contributed by atoms with E-state index < -0.39 is 35.1 Å². The smallest absolute Gasteiger partial charge is 0.325 e. The van der Waals surface area contributed by atoms with Crippen LogP contribution in [0.3, 0.4) is 0 Å². The van der Waals surface area contributed by atoms with E-state index in [2.05, 4.69) is 10.6 Å². The van der Waals surface area contributed by atoms with Crippen molar-refractivity contribution in [3.05, 3.63) is 94.8 Å². The van der Waals surface area contributed by atoms with Gasteiger partial charge in [0.2, 0.25) is 5.91 Å². The maximum atomic E-state index is 13.7. The molecule has 0 radical (unpaired) electrons. The van der Waals surface area contributed by atoms with Crippen molar-refractivity contribution in [1.29, 1.82) is 0 Å². The van der Waals surface area contributed by atoms with Gasteiger partial charge in [0, 0.05) is 12.1 Å². The fourth-order valence-corrected chi connectivity index (χ4v) is 3.15. The van der Waals surface area contributed by atoms with Crippen LogP contribution in [0.25, 0.3) is 0 Å². The summed E-state index contributed by atoms with van der Waals surface area (Å²) in [6.45, 7) is 1.91. The number of anilines is 2. The normalized spacial score (nSPS) is 11.2. The van der Waals surface area contributed by atoms with E-state index in [4.69, 9.17) is 0 Å². The molecule has 0 spiro atoms. The van der Waals surface area contributed by atoms with Gasteiger partial charge in [-0.15, -0.1) is 0 Å². The van der Waals surface area contributed by atoms with Crippen LogP contribution in [-0.2, 0) is 17.4 Å². The summed E-state index contributed by atoms with van der Waals surface area (Å²) in [6.07, 6.45) is -4.39. The maximum absolute atomic E-state index is 13.7. The topological polar surface area (TPSA) is 58.2 Å². The van der Waals surface area contributed by atoms with Crippen LogP contribution >= 0.6 is 0 Å². The Bertz CT molecular complexity index is 1140. The second-order valence-corrected chi connectivity index (χ2v) is 7.23. The summed E-state index contributed by atoms with van der Waals surface area (Å²) in [6, 6.07) is 15.6. The van der Waals surface area contributed by atoms with Crippen molar-refractivity contribution in [2.75, 3.05) is 10.6 Å². The molecule has 0 unspecified atom stereocenters. The zero-order valence-corrected chi connectivity index (χ0v) is 17.1. The highest BCUT2D eigenvalue weighted by Crippen LogP contribution is 2.37. The highest BCUT2D eigenvalue weighted by Gasteiger charge is 2.34. The molecule has 0 aromatic heterocycles. The standard InChI is InChI=1S/C24H20F4N2O2/c1-15-5-4-6-16(13-15)9-12-22(31)30-21-11-10-17(14-19(21)24(26,27)28)29-23(32)18-7-2-3-8-20(18)25/h2-8,10-11,13-14H,9,12H2,1H3,(H,29,32)(H,30,31). The molecule has 3 aromatic carbocycles. The highest BCUT2D eigenvalue weighted by molar-refractivity contribution is 6.04. The molecule has 2 N–H and O–H groups in total. The first-order valence-electron chi connectivity index (χ1n) is 9.76. The molecular weight excluding hydrogens is 424 g/mol. The molecule has 8 heteroatoms. The summed E-state index contributed by atoms with van der Waals surface area (Å²) in [4.78, 5) is 24.4. The van der Waals surface area contributed by atoms with Crippen molar-refractivity contribution in [1.82, 2.24) is 0 Å². The second-order valence-electron chi connectivity index (χ2n) is 7.23. The Labute approximate surface area is 182 Å². The van der Waals surface area contributed by atoms with Gasteiger partial charge in [-0.05, 0) is 49.2 Å². The van der Waals surface area contributed by atoms with Gasteiger partial charge < -0.3 is 10.6 Å². The lowest BCUT2D eigenvalue weighted by molar-refractivity contribution is -0.136. The third-order valence-electron chi connectivity index (χ3n) is 4.70. The quantitative estimate of drug-likeness (QED) is 0.460. The molecule has 2 amide bonds. The van der Waals surface area contributed by atoms with Crippen molar-refractivity contribution in [2.24, 2.45) is 0 Å². The molecule has 0 fully saturated rings. The maximum Gasteiger partial charge on any atom is 0.418 e. The van der Waals surface area contributed by atoms with E-state index in [1.165, 1.54) is 24.3 Å². The van der Waals surface area contributed by atoms with Crippen LogP contribution < -0.4 is 10.6 Å². The van der Waals surface area contributed by atoms with Crippen molar-refractivity contribution >= 4 is 23.2 Å². The molecule has 0 atom stereocenters. The number of carbonyl (C=O) groups is 2. The molecule has 0 aliphatic rings. The SMILES string of the molecule is Cc1cccc(CCC(=O)Nc2ccc(NC(=O)c3ccccc3F)cc2C(F)(F)F)c1. The van der Waals surface area contributed by atoms with Crippen LogP contribution in [-0.4, -0.2) is 11.8 Å². The molecule has 32 heavy (non-hydrogen) atoms. The molecule has 0 heterocycles. The van der Waals surface area contributed by atoms with E-state index in [0.29, 0.717) is 12.5 Å². The van der Waals surface area contributed by atoms with E-state index in [1.54, 1.807) is 0 Å². The molecular formula is C24H20F4N2O2. The zero-order chi connectivity index (χ0) is 23.3. The number of hydrogen-bond acceptors (Lipinski definition) is 2. The van der Waals surface area contributed by atoms with E-state index in [1.807, 2.05) is 31.2 Å². The average molecular weight is 444 g/mol. The number of benzene rings is 3. The number of alkyl halides is 3. The van der Waals surface area contributed by atoms with Gasteiger partial charge in [-0.1, -0.05) is 42.0 Å². The third kappa shape index (κ3) is 5.94. The summed E-state index contributed by atoms with van der Waals surface area (Å²) < 4.78 is 54.5. The van der Waals surface area contributed by atoms with Gasteiger partial charge in [-0.2, -0.15) is 13.2 Å². The Morgan fingerprint density at radius 2 is 1.66 bits per heavy atom. The lowest BCUT2D eigenvalue weighted by Gasteiger charge is -2.16. The molecule has 0 aliphatic carbocycles. The van der Waals surface area contributed by atoms with Gasteiger partial charge >= 0.3 is 6.18 Å². The van der Waals surface area contributed by atoms with Crippen LogP contribution in [0.5, 0.6) is 0 Å². The molecule has 0 aliphatic heterocycles. The van der Waals surface area contributed by atoms with Crippen molar-refractivity contribution in [2.45, 2.75) is 25.9 Å². The number of halogens is 4. The molecule has 3 rings (SSSR count). The van der Waals surface area contributed by atoms with Crippen molar-refractivity contribution < 1.29 is 27.2 Å². The number of rotatable bonds is 6. The number of aryl methyl sites for hydroxylation is 2. The van der Waals surface area contributed by atoms with Gasteiger partial charge in [-0.25, -0.2) is 4.39 Å². The first kappa shape index (κ1) is 23.0. The number of amides is 2. The number of hydrogen-bond donors (Lipinski definition) is 2. The molecule has 4 nitrogen and oxygen atoms in total. The third-order valence-corrected chi connectivity index (χ3v) is 4.70. The minimum Gasteiger partial charge on any atom is -0.325 e. The Hall–Kier alpha value is -3.68. The zero-order valence-electron chi connectivity index (χ0n) is 17.1.